The van der Waals surface area contributed by atoms with Crippen molar-refractivity contribution in [1.82, 2.24) is 4.72 Å². The highest BCUT2D eigenvalue weighted by Gasteiger charge is 2.35. The summed E-state index contributed by atoms with van der Waals surface area (Å²) in [5.74, 6) is -0.802. The van der Waals surface area contributed by atoms with Gasteiger partial charge in [0, 0.05) is 24.3 Å². The average molecular weight is 401 g/mol. The maximum Gasteiger partial charge on any atom is 0.240 e. The summed E-state index contributed by atoms with van der Waals surface area (Å²) in [6.07, 6.45) is 1.07. The van der Waals surface area contributed by atoms with Crippen LogP contribution in [0.25, 0.3) is 0 Å². The summed E-state index contributed by atoms with van der Waals surface area (Å²) in [6, 6.07) is 13.7. The van der Waals surface area contributed by atoms with Crippen LogP contribution >= 0.6 is 0 Å². The van der Waals surface area contributed by atoms with E-state index in [1.165, 1.54) is 36.9 Å². The number of hydrogen-bond acceptors (Lipinski definition) is 4. The maximum absolute atomic E-state index is 12.6. The molecule has 0 radical (unpaired) electrons. The molecule has 7 nitrogen and oxygen atoms in total. The molecule has 0 unspecified atom stereocenters. The molecule has 0 spiro atoms. The molecular formula is C20H23N3O4S. The molecule has 1 saturated heterocycles. The van der Waals surface area contributed by atoms with E-state index >= 15 is 0 Å². The van der Waals surface area contributed by atoms with Gasteiger partial charge in [0.2, 0.25) is 21.8 Å². The van der Waals surface area contributed by atoms with Gasteiger partial charge in [-0.2, -0.15) is 0 Å². The van der Waals surface area contributed by atoms with Crippen molar-refractivity contribution in [3.63, 3.8) is 0 Å². The number of carbonyl (C=O) groups excluding carboxylic acids is 2. The minimum Gasteiger partial charge on any atom is -0.326 e. The second-order valence-electron chi connectivity index (χ2n) is 6.65. The van der Waals surface area contributed by atoms with Crippen LogP contribution in [0.3, 0.4) is 0 Å². The highest BCUT2D eigenvalue weighted by Crippen LogP contribution is 2.26. The van der Waals surface area contributed by atoms with Crippen LogP contribution in [0, 0.1) is 5.92 Å². The lowest BCUT2D eigenvalue weighted by Gasteiger charge is -2.17. The summed E-state index contributed by atoms with van der Waals surface area (Å²) in [6.45, 7) is 2.39. The van der Waals surface area contributed by atoms with Crippen LogP contribution in [-0.2, 0) is 26.0 Å². The second kappa shape index (κ2) is 8.12. The number of aryl methyl sites for hydroxylation is 1. The van der Waals surface area contributed by atoms with Gasteiger partial charge in [-0.1, -0.05) is 19.1 Å². The molecule has 28 heavy (non-hydrogen) atoms. The number of anilines is 2. The number of nitrogens with zero attached hydrogens (tertiary/aromatic N) is 1. The molecule has 2 N–H and O–H groups in total. The first-order chi connectivity index (χ1) is 13.3. The highest BCUT2D eigenvalue weighted by atomic mass is 32.2. The smallest absolute Gasteiger partial charge is 0.240 e. The summed E-state index contributed by atoms with van der Waals surface area (Å²) < 4.78 is 25.7. The fourth-order valence-electron chi connectivity index (χ4n) is 3.12. The van der Waals surface area contributed by atoms with Crippen molar-refractivity contribution in [3.8, 4) is 0 Å². The Morgan fingerprint density at radius 2 is 1.75 bits per heavy atom. The van der Waals surface area contributed by atoms with Crippen LogP contribution in [0.15, 0.2) is 53.4 Å². The standard InChI is InChI=1S/C20H23N3O4S/c1-3-14-4-8-17(9-5-14)23-13-15(12-19(23)24)20(25)22-16-6-10-18(11-7-16)28(26,27)21-2/h4-11,15,21H,3,12-13H2,1-2H3,(H,22,25)/t15-/m1/s1. The Kier molecular flexibility index (Phi) is 5.81. The molecule has 2 amide bonds. The van der Waals surface area contributed by atoms with Gasteiger partial charge in [-0.3, -0.25) is 9.59 Å². The van der Waals surface area contributed by atoms with Gasteiger partial charge in [0.1, 0.15) is 0 Å². The van der Waals surface area contributed by atoms with Gasteiger partial charge in [0.25, 0.3) is 0 Å². The molecule has 1 atom stereocenters. The zero-order chi connectivity index (χ0) is 20.3. The molecule has 8 heteroatoms. The number of benzene rings is 2. The van der Waals surface area contributed by atoms with Gasteiger partial charge in [0.15, 0.2) is 0 Å². The molecular weight excluding hydrogens is 378 g/mol. The molecule has 1 fully saturated rings. The monoisotopic (exact) mass is 401 g/mol. The number of amides is 2. The van der Waals surface area contributed by atoms with Crippen molar-refractivity contribution < 1.29 is 18.0 Å². The summed E-state index contributed by atoms with van der Waals surface area (Å²) in [7, 11) is -2.19. The molecule has 0 bridgehead atoms. The Labute approximate surface area is 164 Å². The zero-order valence-electron chi connectivity index (χ0n) is 15.8. The number of hydrogen-bond donors (Lipinski definition) is 2. The molecule has 1 aliphatic heterocycles. The van der Waals surface area contributed by atoms with Crippen molar-refractivity contribution in [2.45, 2.75) is 24.7 Å². The van der Waals surface area contributed by atoms with Crippen LogP contribution < -0.4 is 14.9 Å². The van der Waals surface area contributed by atoms with E-state index in [4.69, 9.17) is 0 Å². The van der Waals surface area contributed by atoms with Crippen LogP contribution in [0.4, 0.5) is 11.4 Å². The average Bonchev–Trinajstić information content (AvgIpc) is 3.10. The first kappa shape index (κ1) is 20.0. The van der Waals surface area contributed by atoms with Crippen molar-refractivity contribution in [1.29, 1.82) is 0 Å². The molecule has 1 heterocycles. The van der Waals surface area contributed by atoms with Gasteiger partial charge in [-0.25, -0.2) is 13.1 Å². The molecule has 1 aliphatic rings. The molecule has 2 aromatic rings. The summed E-state index contributed by atoms with van der Waals surface area (Å²) in [4.78, 5) is 26.7. The Hall–Kier alpha value is -2.71. The molecule has 148 valence electrons. The minimum absolute atomic E-state index is 0.0835. The van der Waals surface area contributed by atoms with Crippen LogP contribution in [-0.4, -0.2) is 33.8 Å². The van der Waals surface area contributed by atoms with Gasteiger partial charge in [-0.15, -0.1) is 0 Å². The Bertz CT molecular complexity index is 970. The van der Waals surface area contributed by atoms with Crippen molar-refractivity contribution >= 4 is 33.2 Å². The maximum atomic E-state index is 12.6. The quantitative estimate of drug-likeness (QED) is 0.775. The van der Waals surface area contributed by atoms with Gasteiger partial charge >= 0.3 is 0 Å². The summed E-state index contributed by atoms with van der Waals surface area (Å²) in [5.41, 5.74) is 2.46. The third-order valence-electron chi connectivity index (χ3n) is 4.85. The van der Waals surface area contributed by atoms with E-state index in [-0.39, 0.29) is 23.1 Å². The Morgan fingerprint density at radius 3 is 2.32 bits per heavy atom. The van der Waals surface area contributed by atoms with E-state index in [0.717, 1.165) is 12.1 Å². The summed E-state index contributed by atoms with van der Waals surface area (Å²) in [5, 5.41) is 2.76. The third kappa shape index (κ3) is 4.23. The van der Waals surface area contributed by atoms with Gasteiger partial charge in [-0.05, 0) is 55.4 Å². The van der Waals surface area contributed by atoms with Crippen LogP contribution in [0.1, 0.15) is 18.9 Å². The third-order valence-corrected chi connectivity index (χ3v) is 6.28. The molecule has 0 aliphatic carbocycles. The minimum atomic E-state index is -3.52. The van der Waals surface area contributed by atoms with Crippen molar-refractivity contribution in [2.24, 2.45) is 5.92 Å². The SMILES string of the molecule is CCc1ccc(N2C[C@H](C(=O)Nc3ccc(S(=O)(=O)NC)cc3)CC2=O)cc1. The largest absolute Gasteiger partial charge is 0.326 e. The molecule has 2 aromatic carbocycles. The van der Waals surface area contributed by atoms with Gasteiger partial charge in [0.05, 0.1) is 10.8 Å². The van der Waals surface area contributed by atoms with Crippen LogP contribution in [0.5, 0.6) is 0 Å². The normalized spacial score (nSPS) is 17.0. The fraction of sp³-hybridized carbons (Fsp3) is 0.300. The Balaban J connectivity index is 1.66. The fourth-order valence-corrected chi connectivity index (χ4v) is 3.85. The molecule has 3 rings (SSSR count). The van der Waals surface area contributed by atoms with E-state index in [1.54, 1.807) is 4.90 Å². The molecule has 0 aromatic heterocycles. The van der Waals surface area contributed by atoms with E-state index in [9.17, 15) is 18.0 Å². The predicted molar refractivity (Wildman–Crippen MR) is 108 cm³/mol. The second-order valence-corrected chi connectivity index (χ2v) is 8.53. The summed E-state index contributed by atoms with van der Waals surface area (Å²) >= 11 is 0. The topological polar surface area (TPSA) is 95.6 Å². The highest BCUT2D eigenvalue weighted by molar-refractivity contribution is 7.89. The predicted octanol–water partition coefficient (Wildman–Crippen LogP) is 2.15. The van der Waals surface area contributed by atoms with Gasteiger partial charge < -0.3 is 10.2 Å². The first-order valence-corrected chi connectivity index (χ1v) is 10.6. The van der Waals surface area contributed by atoms with E-state index < -0.39 is 15.9 Å². The number of rotatable bonds is 6. The number of carbonyl (C=O) groups is 2. The lowest BCUT2D eigenvalue weighted by Crippen LogP contribution is -2.28. The van der Waals surface area contributed by atoms with E-state index in [2.05, 4.69) is 17.0 Å². The molecule has 0 saturated carbocycles. The first-order valence-electron chi connectivity index (χ1n) is 9.08. The number of nitrogens with one attached hydrogen (secondary N) is 2. The Morgan fingerprint density at radius 1 is 1.11 bits per heavy atom. The lowest BCUT2D eigenvalue weighted by atomic mass is 10.1. The van der Waals surface area contributed by atoms with E-state index in [0.29, 0.717) is 12.2 Å². The lowest BCUT2D eigenvalue weighted by molar-refractivity contribution is -0.122. The number of sulfonamides is 1. The van der Waals surface area contributed by atoms with Crippen molar-refractivity contribution in [2.75, 3.05) is 23.8 Å². The van der Waals surface area contributed by atoms with Crippen LogP contribution in [0.2, 0.25) is 0 Å². The van der Waals surface area contributed by atoms with Crippen molar-refractivity contribution in [3.05, 3.63) is 54.1 Å². The van der Waals surface area contributed by atoms with E-state index in [1.807, 2.05) is 24.3 Å². The zero-order valence-corrected chi connectivity index (χ0v) is 16.6.